The Kier molecular flexibility index (Phi) is 15.2. The zero-order valence-corrected chi connectivity index (χ0v) is 31.0. The van der Waals surface area contributed by atoms with Crippen LogP contribution in [0, 0.1) is 17.8 Å². The number of nitrogens with zero attached hydrogens (tertiary/aromatic N) is 1. The zero-order valence-electron chi connectivity index (χ0n) is 31.0. The Morgan fingerprint density at radius 1 is 0.880 bits per heavy atom. The van der Waals surface area contributed by atoms with Gasteiger partial charge >= 0.3 is 5.97 Å². The standard InChI is InChI=1S/C41H55N3O6/c1-26(2)35-41(48)50-37(32-21-14-11-15-22-32)29(6)18-16-17-28(5)34(49-9)24-23-30(7)40(47)44(8)36(27(3)4)39(46)42-33(38(45)43-35)25-31-19-12-10-13-20-31/h10-23,26-27,29,33-37H,24-25H2,1-9H3,(H,42,46)(H,43,45)/b18-16+,28-17+,30-23+/t29-,33-,34-,35+,36+,37+/m1/s1. The molecule has 2 aromatic rings. The summed E-state index contributed by atoms with van der Waals surface area (Å²) in [5.41, 5.74) is 3.08. The molecule has 3 amide bonds. The Morgan fingerprint density at radius 3 is 2.08 bits per heavy atom. The van der Waals surface area contributed by atoms with Gasteiger partial charge < -0.3 is 25.0 Å². The Balaban J connectivity index is 2.12. The SMILES string of the molecule is CO[C@@H]1C/C=C(\C)C(=O)N(C)[C@@H](C(C)C)C(=O)N[C@H](Cc2ccccc2)C(=O)N[C@@H](C(C)C)C(=O)O[C@H](c2ccccc2)[C@H](C)/C=C/C=C/1C. The quantitative estimate of drug-likeness (QED) is 0.354. The summed E-state index contributed by atoms with van der Waals surface area (Å²) in [5, 5.41) is 5.83. The number of amides is 3. The summed E-state index contributed by atoms with van der Waals surface area (Å²) in [6.45, 7) is 13.1. The number of likely N-dealkylation sites (N-methyl/N-ethyl adjacent to an activating group) is 1. The largest absolute Gasteiger partial charge is 0.455 e. The molecule has 0 aliphatic carbocycles. The van der Waals surface area contributed by atoms with Crippen LogP contribution in [-0.2, 0) is 35.1 Å². The van der Waals surface area contributed by atoms with Crippen LogP contribution in [0.2, 0.25) is 0 Å². The number of rotatable bonds is 6. The number of esters is 1. The highest BCUT2D eigenvalue weighted by molar-refractivity contribution is 5.98. The third-order valence-electron chi connectivity index (χ3n) is 9.16. The van der Waals surface area contributed by atoms with Crippen LogP contribution in [0.3, 0.4) is 0 Å². The van der Waals surface area contributed by atoms with Crippen LogP contribution in [0.25, 0.3) is 0 Å². The molecular formula is C41H55N3O6. The van der Waals surface area contributed by atoms with Gasteiger partial charge in [-0.1, -0.05) is 120 Å². The fourth-order valence-corrected chi connectivity index (χ4v) is 6.15. The Labute approximate surface area is 298 Å². The Bertz CT molecular complexity index is 1530. The molecule has 1 aliphatic heterocycles. The second-order valence-electron chi connectivity index (χ2n) is 13.9. The summed E-state index contributed by atoms with van der Waals surface area (Å²) in [5.74, 6) is -2.67. The maximum Gasteiger partial charge on any atom is 0.329 e. The summed E-state index contributed by atoms with van der Waals surface area (Å²) in [4.78, 5) is 57.1. The lowest BCUT2D eigenvalue weighted by molar-refractivity contribution is -0.156. The molecule has 0 fully saturated rings. The fraction of sp³-hybridized carbons (Fsp3) is 0.463. The first-order chi connectivity index (χ1) is 23.7. The van der Waals surface area contributed by atoms with Crippen molar-refractivity contribution in [1.82, 2.24) is 15.5 Å². The first kappa shape index (κ1) is 39.9. The van der Waals surface area contributed by atoms with Crippen molar-refractivity contribution in [2.24, 2.45) is 17.8 Å². The molecule has 50 heavy (non-hydrogen) atoms. The van der Waals surface area contributed by atoms with Crippen molar-refractivity contribution in [2.45, 2.75) is 91.6 Å². The molecule has 1 aliphatic rings. The number of hydrogen-bond acceptors (Lipinski definition) is 6. The van der Waals surface area contributed by atoms with E-state index in [2.05, 4.69) is 10.6 Å². The number of ether oxygens (including phenoxy) is 2. The molecule has 0 radical (unpaired) electrons. The average Bonchev–Trinajstić information content (AvgIpc) is 3.08. The van der Waals surface area contributed by atoms with Crippen molar-refractivity contribution >= 4 is 23.7 Å². The highest BCUT2D eigenvalue weighted by atomic mass is 16.5. The minimum Gasteiger partial charge on any atom is -0.455 e. The second-order valence-corrected chi connectivity index (χ2v) is 13.9. The number of nitrogens with one attached hydrogen (secondary N) is 2. The van der Waals surface area contributed by atoms with Crippen LogP contribution < -0.4 is 10.6 Å². The number of benzene rings is 2. The third-order valence-corrected chi connectivity index (χ3v) is 9.16. The molecule has 0 saturated heterocycles. The molecule has 2 aromatic carbocycles. The summed E-state index contributed by atoms with van der Waals surface area (Å²) in [6, 6.07) is 16.0. The second kappa shape index (κ2) is 19.0. The molecule has 0 aromatic heterocycles. The molecule has 9 nitrogen and oxygen atoms in total. The van der Waals surface area contributed by atoms with Crippen LogP contribution in [0.15, 0.2) is 96.1 Å². The van der Waals surface area contributed by atoms with Gasteiger partial charge in [0.25, 0.3) is 0 Å². The van der Waals surface area contributed by atoms with E-state index in [0.29, 0.717) is 12.0 Å². The Morgan fingerprint density at radius 2 is 1.50 bits per heavy atom. The Hall–Kier alpha value is -4.50. The summed E-state index contributed by atoms with van der Waals surface area (Å²) in [7, 11) is 3.23. The third kappa shape index (κ3) is 11.0. The number of cyclic esters (lactones) is 1. The van der Waals surface area contributed by atoms with Crippen LogP contribution in [0.5, 0.6) is 0 Å². The van der Waals surface area contributed by atoms with E-state index in [9.17, 15) is 19.2 Å². The number of carbonyl (C=O) groups excluding carboxylic acids is 4. The topological polar surface area (TPSA) is 114 Å². The minimum atomic E-state index is -1.03. The maximum atomic E-state index is 14.1. The van der Waals surface area contributed by atoms with E-state index in [1.54, 1.807) is 21.1 Å². The van der Waals surface area contributed by atoms with Gasteiger partial charge in [0.1, 0.15) is 24.2 Å². The number of hydrogen-bond donors (Lipinski definition) is 2. The molecule has 0 saturated carbocycles. The normalized spacial score (nSPS) is 28.0. The van der Waals surface area contributed by atoms with Gasteiger partial charge in [-0.05, 0) is 48.8 Å². The van der Waals surface area contributed by atoms with Gasteiger partial charge in [-0.25, -0.2) is 4.79 Å². The molecule has 0 bridgehead atoms. The van der Waals surface area contributed by atoms with Crippen molar-refractivity contribution < 1.29 is 28.7 Å². The molecule has 0 spiro atoms. The monoisotopic (exact) mass is 685 g/mol. The fourth-order valence-electron chi connectivity index (χ4n) is 6.15. The van der Waals surface area contributed by atoms with Gasteiger partial charge in [-0.2, -0.15) is 0 Å². The average molecular weight is 686 g/mol. The van der Waals surface area contributed by atoms with Gasteiger partial charge in [-0.3, -0.25) is 14.4 Å². The van der Waals surface area contributed by atoms with Crippen LogP contribution in [-0.4, -0.2) is 67.0 Å². The van der Waals surface area contributed by atoms with E-state index in [-0.39, 0.29) is 36.2 Å². The van der Waals surface area contributed by atoms with Crippen LogP contribution >= 0.6 is 0 Å². The summed E-state index contributed by atoms with van der Waals surface area (Å²) in [6.07, 6.45) is 7.40. The molecule has 2 N–H and O–H groups in total. The number of allylic oxidation sites excluding steroid dienone is 2. The van der Waals surface area contributed by atoms with E-state index in [1.165, 1.54) is 4.90 Å². The first-order valence-corrected chi connectivity index (χ1v) is 17.5. The van der Waals surface area contributed by atoms with Gasteiger partial charge in [0.15, 0.2) is 0 Å². The van der Waals surface area contributed by atoms with Gasteiger partial charge in [0.2, 0.25) is 17.7 Å². The molecule has 1 heterocycles. The molecule has 270 valence electrons. The highest BCUT2D eigenvalue weighted by Crippen LogP contribution is 2.29. The van der Waals surface area contributed by atoms with Gasteiger partial charge in [0.05, 0.1) is 6.10 Å². The van der Waals surface area contributed by atoms with Crippen LogP contribution in [0.1, 0.15) is 72.1 Å². The van der Waals surface area contributed by atoms with Crippen molar-refractivity contribution in [2.75, 3.05) is 14.2 Å². The number of methoxy groups -OCH3 is 1. The minimum absolute atomic E-state index is 0.179. The molecule has 6 atom stereocenters. The smallest absolute Gasteiger partial charge is 0.329 e. The van der Waals surface area contributed by atoms with Crippen molar-refractivity contribution in [3.8, 4) is 0 Å². The van der Waals surface area contributed by atoms with Gasteiger partial charge in [0, 0.05) is 32.1 Å². The zero-order chi connectivity index (χ0) is 37.0. The van der Waals surface area contributed by atoms with Crippen molar-refractivity contribution in [3.63, 3.8) is 0 Å². The predicted octanol–water partition coefficient (Wildman–Crippen LogP) is 6.13. The van der Waals surface area contributed by atoms with E-state index >= 15 is 0 Å². The first-order valence-electron chi connectivity index (χ1n) is 17.5. The van der Waals surface area contributed by atoms with Crippen molar-refractivity contribution in [3.05, 3.63) is 107 Å². The van der Waals surface area contributed by atoms with Crippen molar-refractivity contribution in [1.29, 1.82) is 0 Å². The molecule has 9 heteroatoms. The van der Waals surface area contributed by atoms with E-state index in [0.717, 1.165) is 16.7 Å². The van der Waals surface area contributed by atoms with E-state index < -0.39 is 42.0 Å². The molecule has 3 rings (SSSR count). The lowest BCUT2D eigenvalue weighted by atomic mass is 9.95. The summed E-state index contributed by atoms with van der Waals surface area (Å²) >= 11 is 0. The molecular weight excluding hydrogens is 630 g/mol. The lowest BCUT2D eigenvalue weighted by Crippen LogP contribution is -2.58. The maximum absolute atomic E-state index is 14.1. The summed E-state index contributed by atoms with van der Waals surface area (Å²) < 4.78 is 12.0. The van der Waals surface area contributed by atoms with Gasteiger partial charge in [-0.15, -0.1) is 0 Å². The number of carbonyl (C=O) groups is 4. The van der Waals surface area contributed by atoms with Crippen LogP contribution in [0.4, 0.5) is 0 Å². The van der Waals surface area contributed by atoms with E-state index in [1.807, 2.05) is 127 Å². The highest BCUT2D eigenvalue weighted by Gasteiger charge is 2.36. The lowest BCUT2D eigenvalue weighted by Gasteiger charge is -2.32. The van der Waals surface area contributed by atoms with E-state index in [4.69, 9.17) is 9.47 Å². The molecule has 0 unspecified atom stereocenters. The predicted molar refractivity (Wildman–Crippen MR) is 197 cm³/mol.